The van der Waals surface area contributed by atoms with Gasteiger partial charge in [0.1, 0.15) is 0 Å². The third-order valence-electron chi connectivity index (χ3n) is 3.07. The zero-order chi connectivity index (χ0) is 13.7. The van der Waals surface area contributed by atoms with E-state index in [0.29, 0.717) is 19.5 Å². The van der Waals surface area contributed by atoms with Crippen LogP contribution < -0.4 is 10.6 Å². The second kappa shape index (κ2) is 6.13. The molecule has 2 rings (SSSR count). The number of amides is 2. The highest BCUT2D eigenvalue weighted by Gasteiger charge is 2.47. The SMILES string of the molecule is C=CCNC(=O)C1CC1C(=O)NCc1cccnc1. The van der Waals surface area contributed by atoms with Crippen molar-refractivity contribution in [3.8, 4) is 0 Å². The van der Waals surface area contributed by atoms with E-state index < -0.39 is 0 Å². The Balaban J connectivity index is 1.74. The van der Waals surface area contributed by atoms with E-state index in [1.807, 2.05) is 12.1 Å². The Morgan fingerprint density at radius 3 is 2.74 bits per heavy atom. The van der Waals surface area contributed by atoms with Gasteiger partial charge in [0, 0.05) is 25.5 Å². The van der Waals surface area contributed by atoms with Crippen LogP contribution in [0.4, 0.5) is 0 Å². The minimum absolute atomic E-state index is 0.0670. The molecule has 1 aliphatic carbocycles. The van der Waals surface area contributed by atoms with Crippen LogP contribution in [0.1, 0.15) is 12.0 Å². The summed E-state index contributed by atoms with van der Waals surface area (Å²) in [6, 6.07) is 3.72. The molecule has 0 aromatic carbocycles. The molecule has 100 valence electrons. The average Bonchev–Trinajstić information content (AvgIpc) is 3.24. The summed E-state index contributed by atoms with van der Waals surface area (Å²) >= 11 is 0. The molecule has 5 heteroatoms. The van der Waals surface area contributed by atoms with Crippen molar-refractivity contribution in [1.29, 1.82) is 0 Å². The molecule has 2 amide bonds. The average molecular weight is 259 g/mol. The number of hydrogen-bond donors (Lipinski definition) is 2. The molecule has 0 spiro atoms. The maximum absolute atomic E-state index is 11.8. The lowest BCUT2D eigenvalue weighted by molar-refractivity contribution is -0.127. The number of carbonyl (C=O) groups is 2. The van der Waals surface area contributed by atoms with Gasteiger partial charge >= 0.3 is 0 Å². The fourth-order valence-corrected chi connectivity index (χ4v) is 1.90. The van der Waals surface area contributed by atoms with Gasteiger partial charge in [-0.25, -0.2) is 0 Å². The Morgan fingerprint density at radius 2 is 2.11 bits per heavy atom. The number of nitrogens with zero attached hydrogens (tertiary/aromatic N) is 1. The van der Waals surface area contributed by atoms with Crippen LogP contribution in [-0.2, 0) is 16.1 Å². The van der Waals surface area contributed by atoms with E-state index in [-0.39, 0.29) is 23.7 Å². The number of hydrogen-bond acceptors (Lipinski definition) is 3. The van der Waals surface area contributed by atoms with Crippen LogP contribution in [-0.4, -0.2) is 23.3 Å². The molecule has 1 aliphatic rings. The molecule has 2 atom stereocenters. The Bertz CT molecular complexity index is 473. The van der Waals surface area contributed by atoms with E-state index in [0.717, 1.165) is 5.56 Å². The van der Waals surface area contributed by atoms with Crippen molar-refractivity contribution in [2.45, 2.75) is 13.0 Å². The van der Waals surface area contributed by atoms with Crippen molar-refractivity contribution in [1.82, 2.24) is 15.6 Å². The summed E-state index contributed by atoms with van der Waals surface area (Å²) in [7, 11) is 0. The van der Waals surface area contributed by atoms with E-state index in [2.05, 4.69) is 22.2 Å². The van der Waals surface area contributed by atoms with E-state index in [4.69, 9.17) is 0 Å². The summed E-state index contributed by atoms with van der Waals surface area (Å²) in [6.07, 6.45) is 5.65. The number of aromatic nitrogens is 1. The molecule has 19 heavy (non-hydrogen) atoms. The molecule has 1 aromatic rings. The van der Waals surface area contributed by atoms with Gasteiger partial charge in [-0.1, -0.05) is 12.1 Å². The molecular weight excluding hydrogens is 242 g/mol. The summed E-state index contributed by atoms with van der Waals surface area (Å²) in [5.74, 6) is -0.514. The minimum atomic E-state index is -0.193. The predicted molar refractivity (Wildman–Crippen MR) is 70.9 cm³/mol. The van der Waals surface area contributed by atoms with Crippen molar-refractivity contribution in [2.24, 2.45) is 11.8 Å². The van der Waals surface area contributed by atoms with Gasteiger partial charge in [0.15, 0.2) is 0 Å². The van der Waals surface area contributed by atoms with Gasteiger partial charge < -0.3 is 10.6 Å². The number of rotatable bonds is 6. The van der Waals surface area contributed by atoms with E-state index in [9.17, 15) is 9.59 Å². The fraction of sp³-hybridized carbons (Fsp3) is 0.357. The third-order valence-corrected chi connectivity index (χ3v) is 3.07. The Labute approximate surface area is 112 Å². The molecule has 1 heterocycles. The van der Waals surface area contributed by atoms with Crippen molar-refractivity contribution in [3.63, 3.8) is 0 Å². The van der Waals surface area contributed by atoms with Crippen LogP contribution >= 0.6 is 0 Å². The molecule has 5 nitrogen and oxygen atoms in total. The van der Waals surface area contributed by atoms with Gasteiger partial charge in [-0.3, -0.25) is 14.6 Å². The Kier molecular flexibility index (Phi) is 4.28. The Morgan fingerprint density at radius 1 is 1.37 bits per heavy atom. The molecule has 0 radical (unpaired) electrons. The van der Waals surface area contributed by atoms with E-state index >= 15 is 0 Å². The summed E-state index contributed by atoms with van der Waals surface area (Å²) in [5, 5.41) is 5.53. The lowest BCUT2D eigenvalue weighted by atomic mass is 10.2. The molecule has 0 aliphatic heterocycles. The first-order valence-electron chi connectivity index (χ1n) is 6.27. The second-order valence-corrected chi connectivity index (χ2v) is 4.56. The summed E-state index contributed by atoms with van der Waals surface area (Å²) in [5.41, 5.74) is 0.948. The molecular formula is C14H17N3O2. The lowest BCUT2D eigenvalue weighted by Crippen LogP contribution is -2.30. The highest BCUT2D eigenvalue weighted by molar-refractivity contribution is 5.92. The van der Waals surface area contributed by atoms with Crippen molar-refractivity contribution in [3.05, 3.63) is 42.7 Å². The van der Waals surface area contributed by atoms with Gasteiger partial charge in [-0.15, -0.1) is 6.58 Å². The predicted octanol–water partition coefficient (Wildman–Crippen LogP) is 0.636. The van der Waals surface area contributed by atoms with Gasteiger partial charge in [-0.05, 0) is 18.1 Å². The van der Waals surface area contributed by atoms with Crippen molar-refractivity contribution in [2.75, 3.05) is 6.54 Å². The first-order valence-corrected chi connectivity index (χ1v) is 6.27. The van der Waals surface area contributed by atoms with Crippen LogP contribution in [0.2, 0.25) is 0 Å². The summed E-state index contributed by atoms with van der Waals surface area (Å²) in [4.78, 5) is 27.4. The number of pyridine rings is 1. The van der Waals surface area contributed by atoms with Crippen LogP contribution in [0.5, 0.6) is 0 Å². The van der Waals surface area contributed by atoms with Crippen molar-refractivity contribution < 1.29 is 9.59 Å². The van der Waals surface area contributed by atoms with Gasteiger partial charge in [0.2, 0.25) is 11.8 Å². The van der Waals surface area contributed by atoms with E-state index in [1.165, 1.54) is 0 Å². The number of carbonyl (C=O) groups excluding carboxylic acids is 2. The smallest absolute Gasteiger partial charge is 0.224 e. The first-order chi connectivity index (χ1) is 9.22. The van der Waals surface area contributed by atoms with Crippen LogP contribution in [0.25, 0.3) is 0 Å². The lowest BCUT2D eigenvalue weighted by Gasteiger charge is -2.05. The topological polar surface area (TPSA) is 71.1 Å². The molecule has 0 saturated heterocycles. The van der Waals surface area contributed by atoms with Gasteiger partial charge in [0.25, 0.3) is 0 Å². The van der Waals surface area contributed by atoms with Gasteiger partial charge in [0.05, 0.1) is 11.8 Å². The standard InChI is InChI=1S/C14H17N3O2/c1-2-5-16-13(18)11-7-12(11)14(19)17-9-10-4-3-6-15-8-10/h2-4,6,8,11-12H,1,5,7,9H2,(H,16,18)(H,17,19). The molecule has 1 fully saturated rings. The van der Waals surface area contributed by atoms with E-state index in [1.54, 1.807) is 18.5 Å². The van der Waals surface area contributed by atoms with Crippen LogP contribution in [0, 0.1) is 11.8 Å². The summed E-state index contributed by atoms with van der Waals surface area (Å²) in [6.45, 7) is 4.42. The Hall–Kier alpha value is -2.17. The minimum Gasteiger partial charge on any atom is -0.352 e. The largest absolute Gasteiger partial charge is 0.352 e. The maximum Gasteiger partial charge on any atom is 0.224 e. The normalized spacial score (nSPS) is 20.4. The maximum atomic E-state index is 11.8. The quantitative estimate of drug-likeness (QED) is 0.736. The third kappa shape index (κ3) is 3.64. The molecule has 1 aromatic heterocycles. The first kappa shape index (κ1) is 13.3. The number of nitrogens with one attached hydrogen (secondary N) is 2. The highest BCUT2D eigenvalue weighted by atomic mass is 16.2. The molecule has 2 unspecified atom stereocenters. The van der Waals surface area contributed by atoms with Crippen molar-refractivity contribution >= 4 is 11.8 Å². The van der Waals surface area contributed by atoms with Gasteiger partial charge in [-0.2, -0.15) is 0 Å². The highest BCUT2D eigenvalue weighted by Crippen LogP contribution is 2.38. The second-order valence-electron chi connectivity index (χ2n) is 4.56. The summed E-state index contributed by atoms with van der Waals surface area (Å²) < 4.78 is 0. The van der Waals surface area contributed by atoms with Crippen LogP contribution in [0.15, 0.2) is 37.2 Å². The monoisotopic (exact) mass is 259 g/mol. The molecule has 2 N–H and O–H groups in total. The molecule has 1 saturated carbocycles. The molecule has 0 bridgehead atoms. The fourth-order valence-electron chi connectivity index (χ4n) is 1.90. The zero-order valence-electron chi connectivity index (χ0n) is 10.6. The zero-order valence-corrected chi connectivity index (χ0v) is 10.6. The van der Waals surface area contributed by atoms with Crippen LogP contribution in [0.3, 0.4) is 0 Å².